The number of ether oxygens (including phenoxy) is 1. The molecular formula is C21H43N5O2. The van der Waals surface area contributed by atoms with E-state index in [1.54, 1.807) is 0 Å². The van der Waals surface area contributed by atoms with Gasteiger partial charge in [-0.3, -0.25) is 9.89 Å². The highest BCUT2D eigenvalue weighted by Crippen LogP contribution is 2.21. The molecule has 7 heteroatoms. The van der Waals surface area contributed by atoms with Crippen molar-refractivity contribution in [1.29, 1.82) is 0 Å². The Morgan fingerprint density at radius 3 is 2.61 bits per heavy atom. The molecule has 2 rings (SSSR count). The topological polar surface area (TPSA) is 72.4 Å². The normalized spacial score (nSPS) is 22.2. The molecule has 1 aliphatic carbocycles. The van der Waals surface area contributed by atoms with Crippen LogP contribution in [0.15, 0.2) is 4.99 Å². The summed E-state index contributed by atoms with van der Waals surface area (Å²) in [4.78, 5) is 9.41. The van der Waals surface area contributed by atoms with Gasteiger partial charge in [-0.25, -0.2) is 0 Å². The molecule has 164 valence electrons. The van der Waals surface area contributed by atoms with Crippen molar-refractivity contribution in [2.45, 2.75) is 64.0 Å². The number of β-amino-alcohol motifs (C(OH)–C–C–N with tert-alkyl or cyclic N) is 1. The number of hydrogen-bond donors (Lipinski definition) is 3. The lowest BCUT2D eigenvalue weighted by Gasteiger charge is -2.33. The molecule has 1 heterocycles. The monoisotopic (exact) mass is 397 g/mol. The van der Waals surface area contributed by atoms with Gasteiger partial charge in [-0.2, -0.15) is 0 Å². The Bertz CT molecular complexity index is 446. The minimum atomic E-state index is -0.832. The van der Waals surface area contributed by atoms with Crippen LogP contribution in [0.1, 0.15) is 52.4 Å². The maximum atomic E-state index is 10.7. The lowest BCUT2D eigenvalue weighted by Crippen LogP contribution is -2.48. The van der Waals surface area contributed by atoms with Crippen LogP contribution in [0.2, 0.25) is 0 Å². The minimum absolute atomic E-state index is 0.391. The Hall–Kier alpha value is -0.890. The highest BCUT2D eigenvalue weighted by Gasteiger charge is 2.25. The summed E-state index contributed by atoms with van der Waals surface area (Å²) in [5.74, 6) is 0.796. The zero-order chi connectivity index (χ0) is 20.2. The van der Waals surface area contributed by atoms with Crippen LogP contribution in [0.25, 0.3) is 0 Å². The first-order valence-corrected chi connectivity index (χ1v) is 11.2. The molecule has 1 aliphatic heterocycles. The van der Waals surface area contributed by atoms with E-state index in [4.69, 9.17) is 4.74 Å². The number of rotatable bonds is 10. The molecule has 0 spiro atoms. The zero-order valence-electron chi connectivity index (χ0n) is 18.4. The lowest BCUT2D eigenvalue weighted by atomic mass is 9.94. The maximum Gasteiger partial charge on any atom is 0.191 e. The van der Waals surface area contributed by atoms with Crippen LogP contribution in [-0.4, -0.2) is 98.6 Å². The van der Waals surface area contributed by atoms with Gasteiger partial charge in [0.25, 0.3) is 0 Å². The summed E-state index contributed by atoms with van der Waals surface area (Å²) in [5, 5.41) is 17.4. The van der Waals surface area contributed by atoms with Gasteiger partial charge in [0, 0.05) is 38.8 Å². The summed E-state index contributed by atoms with van der Waals surface area (Å²) in [7, 11) is 2.26. The van der Waals surface area contributed by atoms with Gasteiger partial charge in [-0.05, 0) is 46.7 Å². The summed E-state index contributed by atoms with van der Waals surface area (Å²) >= 11 is 0. The number of morpholine rings is 1. The predicted octanol–water partition coefficient (Wildman–Crippen LogP) is 1.28. The second-order valence-corrected chi connectivity index (χ2v) is 8.63. The summed E-state index contributed by atoms with van der Waals surface area (Å²) in [5.41, 5.74) is -0.832. The first-order valence-electron chi connectivity index (χ1n) is 11.2. The van der Waals surface area contributed by atoms with Crippen molar-refractivity contribution in [2.24, 2.45) is 4.99 Å². The van der Waals surface area contributed by atoms with Gasteiger partial charge in [-0.1, -0.05) is 19.3 Å². The molecule has 1 unspecified atom stereocenters. The molecule has 0 bridgehead atoms. The number of aliphatic imine (C=N–C) groups is 1. The average Bonchev–Trinajstić information content (AvgIpc) is 2.70. The average molecular weight is 398 g/mol. The largest absolute Gasteiger partial charge is 0.387 e. The van der Waals surface area contributed by atoms with Crippen LogP contribution >= 0.6 is 0 Å². The fourth-order valence-electron chi connectivity index (χ4n) is 4.12. The van der Waals surface area contributed by atoms with Gasteiger partial charge in [0.05, 0.1) is 25.4 Å². The van der Waals surface area contributed by atoms with Gasteiger partial charge in [0.2, 0.25) is 0 Å². The Morgan fingerprint density at radius 1 is 1.21 bits per heavy atom. The van der Waals surface area contributed by atoms with E-state index in [0.717, 1.165) is 64.4 Å². The Labute approximate surface area is 171 Å². The van der Waals surface area contributed by atoms with Crippen molar-refractivity contribution < 1.29 is 9.84 Å². The molecule has 2 fully saturated rings. The third-order valence-electron chi connectivity index (χ3n) is 5.77. The molecule has 1 atom stereocenters. The van der Waals surface area contributed by atoms with Gasteiger partial charge < -0.3 is 25.4 Å². The molecule has 0 amide bonds. The van der Waals surface area contributed by atoms with Crippen LogP contribution in [0.5, 0.6) is 0 Å². The van der Waals surface area contributed by atoms with Gasteiger partial charge >= 0.3 is 0 Å². The number of aliphatic hydroxyl groups is 1. The number of guanidine groups is 1. The van der Waals surface area contributed by atoms with E-state index >= 15 is 0 Å². The SMILES string of the molecule is CCNC(=NCC(C)(O)CN1CCOCC1)NCCCN(C)C1CCCCC1. The maximum absolute atomic E-state index is 10.7. The van der Waals surface area contributed by atoms with Crippen LogP contribution in [-0.2, 0) is 4.74 Å². The van der Waals surface area contributed by atoms with E-state index in [2.05, 4.69) is 39.4 Å². The second-order valence-electron chi connectivity index (χ2n) is 8.63. The smallest absolute Gasteiger partial charge is 0.191 e. The summed E-state index contributed by atoms with van der Waals surface area (Å²) in [6, 6.07) is 0.769. The molecule has 0 radical (unpaired) electrons. The van der Waals surface area contributed by atoms with Crippen molar-refractivity contribution in [3.8, 4) is 0 Å². The predicted molar refractivity (Wildman–Crippen MR) is 116 cm³/mol. The summed E-state index contributed by atoms with van der Waals surface area (Å²) < 4.78 is 5.38. The molecule has 28 heavy (non-hydrogen) atoms. The van der Waals surface area contributed by atoms with Crippen LogP contribution in [0, 0.1) is 0 Å². The van der Waals surface area contributed by atoms with Crippen molar-refractivity contribution in [3.63, 3.8) is 0 Å². The molecule has 7 nitrogen and oxygen atoms in total. The Morgan fingerprint density at radius 2 is 1.93 bits per heavy atom. The molecular weight excluding hydrogens is 354 g/mol. The minimum Gasteiger partial charge on any atom is -0.387 e. The third-order valence-corrected chi connectivity index (χ3v) is 5.77. The van der Waals surface area contributed by atoms with E-state index in [1.807, 2.05) is 6.92 Å². The Kier molecular flexibility index (Phi) is 10.5. The number of nitrogens with zero attached hydrogens (tertiary/aromatic N) is 3. The molecule has 1 saturated carbocycles. The van der Waals surface area contributed by atoms with E-state index in [0.29, 0.717) is 13.1 Å². The van der Waals surface area contributed by atoms with E-state index in [9.17, 15) is 5.11 Å². The quantitative estimate of drug-likeness (QED) is 0.293. The van der Waals surface area contributed by atoms with Gasteiger partial charge in [-0.15, -0.1) is 0 Å². The third kappa shape index (κ3) is 9.07. The zero-order valence-corrected chi connectivity index (χ0v) is 18.4. The lowest BCUT2D eigenvalue weighted by molar-refractivity contribution is -0.0179. The highest BCUT2D eigenvalue weighted by atomic mass is 16.5. The Balaban J connectivity index is 1.69. The molecule has 3 N–H and O–H groups in total. The molecule has 0 aromatic carbocycles. The number of hydrogen-bond acceptors (Lipinski definition) is 5. The van der Waals surface area contributed by atoms with Gasteiger partial charge in [0.15, 0.2) is 5.96 Å². The first kappa shape index (κ1) is 23.4. The van der Waals surface area contributed by atoms with Crippen molar-refractivity contribution in [3.05, 3.63) is 0 Å². The number of nitrogens with one attached hydrogen (secondary N) is 2. The summed E-state index contributed by atoms with van der Waals surface area (Å²) in [6.07, 6.45) is 7.98. The fourth-order valence-corrected chi connectivity index (χ4v) is 4.12. The van der Waals surface area contributed by atoms with Gasteiger partial charge in [0.1, 0.15) is 0 Å². The fraction of sp³-hybridized carbons (Fsp3) is 0.952. The molecule has 0 aromatic heterocycles. The van der Waals surface area contributed by atoms with Crippen molar-refractivity contribution >= 4 is 5.96 Å². The summed E-state index contributed by atoms with van der Waals surface area (Å²) in [6.45, 7) is 11.1. The van der Waals surface area contributed by atoms with Crippen LogP contribution in [0.4, 0.5) is 0 Å². The van der Waals surface area contributed by atoms with Crippen molar-refractivity contribution in [2.75, 3.05) is 66.1 Å². The van der Waals surface area contributed by atoms with E-state index < -0.39 is 5.60 Å². The molecule has 0 aromatic rings. The van der Waals surface area contributed by atoms with Crippen LogP contribution < -0.4 is 10.6 Å². The molecule has 1 saturated heterocycles. The van der Waals surface area contributed by atoms with E-state index in [-0.39, 0.29) is 0 Å². The molecule has 2 aliphatic rings. The van der Waals surface area contributed by atoms with Crippen molar-refractivity contribution in [1.82, 2.24) is 20.4 Å². The standard InChI is InChI=1S/C21H43N5O2/c1-4-22-20(23-11-8-12-25(3)19-9-6-5-7-10-19)24-17-21(2,27)18-26-13-15-28-16-14-26/h19,27H,4-18H2,1-3H3,(H2,22,23,24). The first-order chi connectivity index (χ1) is 13.5. The van der Waals surface area contributed by atoms with Crippen LogP contribution in [0.3, 0.4) is 0 Å². The van der Waals surface area contributed by atoms with E-state index in [1.165, 1.54) is 32.1 Å². The highest BCUT2D eigenvalue weighted by molar-refractivity contribution is 5.79. The second kappa shape index (κ2) is 12.6.